The molecular weight excluding hydrogens is 518 g/mol. The third-order valence-electron chi connectivity index (χ3n) is 7.08. The van der Waals surface area contributed by atoms with Gasteiger partial charge in [-0.3, -0.25) is 9.80 Å². The molecule has 4 aromatic carbocycles. The first-order valence-electron chi connectivity index (χ1n) is 12.3. The van der Waals surface area contributed by atoms with E-state index in [9.17, 15) is 15.0 Å². The lowest BCUT2D eigenvalue weighted by atomic mass is 10.0. The van der Waals surface area contributed by atoms with Gasteiger partial charge in [0.05, 0.1) is 12.6 Å². The number of rotatable bonds is 4. The summed E-state index contributed by atoms with van der Waals surface area (Å²) < 4.78 is 12.7. The molecule has 4 atom stereocenters. The summed E-state index contributed by atoms with van der Waals surface area (Å²) in [5.41, 5.74) is 4.14. The van der Waals surface area contributed by atoms with Gasteiger partial charge in [0.2, 0.25) is 0 Å². The lowest BCUT2D eigenvalue weighted by Crippen LogP contribution is -2.38. The number of amides is 2. The Morgan fingerprint density at radius 1 is 0.579 bits per heavy atom. The second-order valence-electron chi connectivity index (χ2n) is 9.30. The normalized spacial score (nSPS) is 23.1. The highest BCUT2D eigenvalue weighted by atomic mass is 31.1. The molecule has 4 aromatic rings. The van der Waals surface area contributed by atoms with Gasteiger partial charge in [0.25, 0.3) is 0 Å². The Labute approximate surface area is 222 Å². The van der Waals surface area contributed by atoms with Crippen LogP contribution in [0.4, 0.5) is 4.79 Å². The monoisotopic (exact) mass is 542 g/mol. The van der Waals surface area contributed by atoms with E-state index in [0.29, 0.717) is 0 Å². The molecule has 0 bridgehead atoms. The van der Waals surface area contributed by atoms with Gasteiger partial charge in [0, 0.05) is 21.7 Å². The zero-order chi connectivity index (χ0) is 25.8. The van der Waals surface area contributed by atoms with E-state index in [0.717, 1.165) is 44.4 Å². The van der Waals surface area contributed by atoms with Crippen molar-refractivity contribution in [1.82, 2.24) is 9.80 Å². The Morgan fingerprint density at radius 3 is 1.39 bits per heavy atom. The average molecular weight is 542 g/mol. The molecule has 2 amide bonds. The van der Waals surface area contributed by atoms with Crippen LogP contribution in [0.1, 0.15) is 0 Å². The van der Waals surface area contributed by atoms with E-state index < -0.39 is 34.8 Å². The van der Waals surface area contributed by atoms with Gasteiger partial charge < -0.3 is 19.3 Å². The highest BCUT2D eigenvalue weighted by Crippen LogP contribution is 2.51. The minimum Gasteiger partial charge on any atom is -0.467 e. The van der Waals surface area contributed by atoms with Gasteiger partial charge in [-0.1, -0.05) is 84.9 Å². The predicted octanol–water partition coefficient (Wildman–Crippen LogP) is 4.84. The summed E-state index contributed by atoms with van der Waals surface area (Å²) in [5.74, 6) is 1.51. The molecule has 0 radical (unpaired) electrons. The Balaban J connectivity index is 1.16. The maximum absolute atomic E-state index is 13.6. The molecule has 4 unspecified atom stereocenters. The summed E-state index contributed by atoms with van der Waals surface area (Å²) in [6.07, 6.45) is -2.43. The van der Waals surface area contributed by atoms with E-state index in [4.69, 9.17) is 9.05 Å². The highest BCUT2D eigenvalue weighted by Gasteiger charge is 2.47. The van der Waals surface area contributed by atoms with Crippen LogP contribution in [0.3, 0.4) is 0 Å². The van der Waals surface area contributed by atoms with Gasteiger partial charge in [0.1, 0.15) is 27.8 Å². The van der Waals surface area contributed by atoms with Crippen molar-refractivity contribution in [2.24, 2.45) is 0 Å². The van der Waals surface area contributed by atoms with Crippen LogP contribution in [0.25, 0.3) is 22.3 Å². The van der Waals surface area contributed by atoms with Gasteiger partial charge in [-0.25, -0.2) is 4.79 Å². The van der Waals surface area contributed by atoms with Crippen molar-refractivity contribution in [3.8, 4) is 33.8 Å². The van der Waals surface area contributed by atoms with E-state index in [1.54, 1.807) is 0 Å². The molecule has 3 aliphatic rings. The zero-order valence-corrected chi connectivity index (χ0v) is 22.0. The first-order valence-corrected chi connectivity index (χ1v) is 15.2. The summed E-state index contributed by atoms with van der Waals surface area (Å²) in [5, 5.41) is 24.0. The average Bonchev–Trinajstić information content (AvgIpc) is 3.16. The highest BCUT2D eigenvalue weighted by molar-refractivity contribution is 7.62. The third-order valence-corrected chi connectivity index (χ3v) is 10.9. The van der Waals surface area contributed by atoms with E-state index >= 15 is 0 Å². The molecule has 2 N–H and O–H groups in total. The van der Waals surface area contributed by atoms with Crippen LogP contribution in [0, 0.1) is 0 Å². The Bertz CT molecular complexity index is 1440. The van der Waals surface area contributed by atoms with E-state index in [-0.39, 0.29) is 12.6 Å². The largest absolute Gasteiger partial charge is 0.467 e. The number of hydrogen-bond acceptors (Lipinski definition) is 5. The lowest BCUT2D eigenvalue weighted by molar-refractivity contribution is -0.0587. The van der Waals surface area contributed by atoms with Crippen molar-refractivity contribution in [1.29, 1.82) is 0 Å². The molecule has 7 rings (SSSR count). The van der Waals surface area contributed by atoms with Gasteiger partial charge in [0.15, 0.2) is 12.5 Å². The Morgan fingerprint density at radius 2 is 0.947 bits per heavy atom. The predicted molar refractivity (Wildman–Crippen MR) is 149 cm³/mol. The quantitative estimate of drug-likeness (QED) is 0.361. The molecule has 3 heterocycles. The van der Waals surface area contributed by atoms with Crippen LogP contribution in [0.5, 0.6) is 11.5 Å². The molecule has 3 aliphatic heterocycles. The van der Waals surface area contributed by atoms with Crippen molar-refractivity contribution in [2.45, 2.75) is 12.5 Å². The summed E-state index contributed by atoms with van der Waals surface area (Å²) in [6.45, 7) is 0. The number of nitrogens with zero attached hydrogens (tertiary/aromatic N) is 2. The van der Waals surface area contributed by atoms with Crippen molar-refractivity contribution in [3.63, 3.8) is 0 Å². The molecule has 190 valence electrons. The summed E-state index contributed by atoms with van der Waals surface area (Å²) in [4.78, 5) is 16.3. The summed E-state index contributed by atoms with van der Waals surface area (Å²) >= 11 is 0. The van der Waals surface area contributed by atoms with E-state index in [1.807, 2.05) is 97.1 Å². The van der Waals surface area contributed by atoms with Gasteiger partial charge in [-0.15, -0.1) is 0 Å². The summed E-state index contributed by atoms with van der Waals surface area (Å²) in [7, 11) is -2.58. The first kappa shape index (κ1) is 23.6. The minimum atomic E-state index is -1.37. The van der Waals surface area contributed by atoms with Gasteiger partial charge in [-0.05, 0) is 23.3 Å². The van der Waals surface area contributed by atoms with Crippen LogP contribution in [-0.2, 0) is 0 Å². The molecule has 7 nitrogen and oxygen atoms in total. The first-order chi connectivity index (χ1) is 18.6. The fourth-order valence-electron chi connectivity index (χ4n) is 5.20. The Kier molecular flexibility index (Phi) is 5.83. The molecule has 9 heteroatoms. The number of carbonyl (C=O) groups is 1. The molecule has 0 spiro atoms. The number of aliphatic hydroxyl groups is 2. The van der Waals surface area contributed by atoms with Crippen molar-refractivity contribution < 1.29 is 24.1 Å². The number of para-hydroxylation sites is 2. The number of aliphatic hydroxyl groups excluding tert-OH is 2. The standard InChI is InChI=1S/C29H24N2O5P2/c32-27-28(33)31(18-38-26-16-8-4-12-22(26)20-10-2-6-14-24(20)36-38)29(34)30(27)17-37-25-15-7-3-11-21(25)19-9-1-5-13-23(19)35-37/h1-16,27-28,32-33H,17-18H2. The van der Waals surface area contributed by atoms with Crippen LogP contribution in [0.2, 0.25) is 0 Å². The molecule has 38 heavy (non-hydrogen) atoms. The smallest absolute Gasteiger partial charge is 0.325 e. The number of carbonyl (C=O) groups excluding carboxylic acids is 1. The molecule has 0 aromatic heterocycles. The van der Waals surface area contributed by atoms with E-state index in [1.165, 1.54) is 9.80 Å². The van der Waals surface area contributed by atoms with Crippen LogP contribution in [-0.4, -0.2) is 51.1 Å². The third kappa shape index (κ3) is 3.78. The molecule has 1 fully saturated rings. The van der Waals surface area contributed by atoms with Crippen molar-refractivity contribution >= 4 is 32.9 Å². The zero-order valence-electron chi connectivity index (χ0n) is 20.2. The van der Waals surface area contributed by atoms with Gasteiger partial charge >= 0.3 is 6.03 Å². The number of hydrogen-bond donors (Lipinski definition) is 2. The topological polar surface area (TPSA) is 82.5 Å². The second kappa shape index (κ2) is 9.37. The molecular formula is C29H24N2O5P2. The number of urea groups is 1. The molecule has 0 saturated carbocycles. The Hall–Kier alpha value is -3.47. The lowest BCUT2D eigenvalue weighted by Gasteiger charge is -2.32. The van der Waals surface area contributed by atoms with Crippen LogP contribution >= 0.6 is 16.3 Å². The summed E-state index contributed by atoms with van der Waals surface area (Å²) in [6, 6.07) is 31.2. The SMILES string of the molecule is O=C1N(CP2Oc3ccccc3-c3ccccc32)C(O)C(O)N1CP1Oc2ccccc2-c2ccccc21. The molecule has 0 aliphatic carbocycles. The number of fused-ring (bicyclic) bond motifs is 6. The van der Waals surface area contributed by atoms with Crippen molar-refractivity contribution in [2.75, 3.05) is 12.6 Å². The maximum Gasteiger partial charge on any atom is 0.325 e. The maximum atomic E-state index is 13.6. The number of benzene rings is 4. The van der Waals surface area contributed by atoms with Gasteiger partial charge in [-0.2, -0.15) is 0 Å². The van der Waals surface area contributed by atoms with E-state index in [2.05, 4.69) is 0 Å². The minimum absolute atomic E-state index is 0.159. The second-order valence-corrected chi connectivity index (χ2v) is 12.7. The fraction of sp³-hybridized carbons (Fsp3) is 0.138. The fourth-order valence-corrected chi connectivity index (χ4v) is 9.17. The van der Waals surface area contributed by atoms with Crippen LogP contribution in [0.15, 0.2) is 97.1 Å². The van der Waals surface area contributed by atoms with Crippen LogP contribution < -0.4 is 19.7 Å². The molecule has 1 saturated heterocycles. The van der Waals surface area contributed by atoms with Crippen molar-refractivity contribution in [3.05, 3.63) is 97.1 Å².